The van der Waals surface area contributed by atoms with Crippen molar-refractivity contribution in [3.05, 3.63) is 42.5 Å². The second kappa shape index (κ2) is 8.29. The van der Waals surface area contributed by atoms with Crippen molar-refractivity contribution in [3.63, 3.8) is 0 Å². The number of hydrogen-bond donors (Lipinski definition) is 3. The first kappa shape index (κ1) is 17.0. The summed E-state index contributed by atoms with van der Waals surface area (Å²) in [6.07, 6.45) is 1.77. The van der Waals surface area contributed by atoms with Gasteiger partial charge in [-0.1, -0.05) is 43.7 Å². The Labute approximate surface area is 135 Å². The molecule has 0 heterocycles. The Morgan fingerprint density at radius 2 is 1.87 bits per heavy atom. The molecule has 2 aromatic carbocycles. The van der Waals surface area contributed by atoms with Crippen LogP contribution in [0.1, 0.15) is 26.2 Å². The van der Waals surface area contributed by atoms with Crippen molar-refractivity contribution in [2.24, 2.45) is 0 Å². The van der Waals surface area contributed by atoms with Gasteiger partial charge in [0.2, 0.25) is 5.91 Å². The molecular formula is C18H22N2O3. The number of rotatable bonds is 8. The van der Waals surface area contributed by atoms with E-state index in [2.05, 4.69) is 10.6 Å². The van der Waals surface area contributed by atoms with Crippen molar-refractivity contribution in [2.75, 3.05) is 11.9 Å². The molecule has 2 rings (SSSR count). The van der Waals surface area contributed by atoms with Crippen molar-refractivity contribution in [3.8, 4) is 0 Å². The first-order valence-electron chi connectivity index (χ1n) is 7.85. The third kappa shape index (κ3) is 5.07. The minimum atomic E-state index is -1.00. The second-order valence-electron chi connectivity index (χ2n) is 5.51. The van der Waals surface area contributed by atoms with E-state index in [1.54, 1.807) is 0 Å². The molecule has 5 heteroatoms. The van der Waals surface area contributed by atoms with Crippen LogP contribution in [0.25, 0.3) is 10.8 Å². The maximum absolute atomic E-state index is 12.1. The molecular weight excluding hydrogens is 292 g/mol. The zero-order valence-corrected chi connectivity index (χ0v) is 13.2. The highest BCUT2D eigenvalue weighted by molar-refractivity contribution is 5.96. The maximum atomic E-state index is 12.1. The van der Waals surface area contributed by atoms with Gasteiger partial charge in [0.15, 0.2) is 0 Å². The predicted molar refractivity (Wildman–Crippen MR) is 91.5 cm³/mol. The van der Waals surface area contributed by atoms with E-state index < -0.39 is 12.0 Å². The first-order chi connectivity index (χ1) is 11.1. The third-order valence-electron chi connectivity index (χ3n) is 3.64. The number of hydrogen-bond acceptors (Lipinski definition) is 3. The molecule has 5 nitrogen and oxygen atoms in total. The summed E-state index contributed by atoms with van der Waals surface area (Å²) in [6.45, 7) is 2.63. The Hall–Kier alpha value is -2.40. The summed E-state index contributed by atoms with van der Waals surface area (Å²) in [5.74, 6) is -1.31. The highest BCUT2D eigenvalue weighted by Gasteiger charge is 2.20. The summed E-state index contributed by atoms with van der Waals surface area (Å²) in [6, 6.07) is 12.6. The van der Waals surface area contributed by atoms with Crippen LogP contribution in [0.5, 0.6) is 0 Å². The number of carbonyl (C=O) groups excluding carboxylic acids is 1. The van der Waals surface area contributed by atoms with Gasteiger partial charge < -0.3 is 15.7 Å². The number of carboxylic acids is 1. The number of amides is 1. The first-order valence-corrected chi connectivity index (χ1v) is 7.85. The van der Waals surface area contributed by atoms with E-state index >= 15 is 0 Å². The lowest BCUT2D eigenvalue weighted by Gasteiger charge is -2.14. The Kier molecular flexibility index (Phi) is 6.11. The Balaban J connectivity index is 1.97. The second-order valence-corrected chi connectivity index (χ2v) is 5.51. The largest absolute Gasteiger partial charge is 0.480 e. The fourth-order valence-corrected chi connectivity index (χ4v) is 2.36. The number of carboxylic acid groups (broad SMARTS) is 1. The van der Waals surface area contributed by atoms with Crippen LogP contribution in [0.3, 0.4) is 0 Å². The van der Waals surface area contributed by atoms with E-state index in [-0.39, 0.29) is 12.3 Å². The van der Waals surface area contributed by atoms with E-state index in [0.29, 0.717) is 12.2 Å². The predicted octanol–water partition coefficient (Wildman–Crippen LogP) is 3.01. The Morgan fingerprint density at radius 3 is 2.57 bits per heavy atom. The van der Waals surface area contributed by atoms with Gasteiger partial charge >= 0.3 is 5.97 Å². The smallest absolute Gasteiger partial charge is 0.321 e. The summed E-state index contributed by atoms with van der Waals surface area (Å²) in [7, 11) is 0. The molecule has 0 spiro atoms. The van der Waals surface area contributed by atoms with Crippen LogP contribution in [0.4, 0.5) is 5.69 Å². The molecule has 0 aliphatic heterocycles. The van der Waals surface area contributed by atoms with Crippen LogP contribution < -0.4 is 10.6 Å². The highest BCUT2D eigenvalue weighted by atomic mass is 16.4. The molecule has 0 aromatic heterocycles. The Morgan fingerprint density at radius 1 is 1.13 bits per heavy atom. The average Bonchev–Trinajstić information content (AvgIpc) is 2.54. The van der Waals surface area contributed by atoms with Crippen LogP contribution in [0.2, 0.25) is 0 Å². The standard InChI is InChI=1S/C18H22N2O3/c1-2-3-10-19-16(18(22)23)12-17(21)20-15-9-8-13-6-4-5-7-14(13)11-15/h4-9,11,16,19H,2-3,10,12H2,1H3,(H,20,21)(H,22,23). The van der Waals surface area contributed by atoms with Gasteiger partial charge in [0, 0.05) is 5.69 Å². The summed E-state index contributed by atoms with van der Waals surface area (Å²) in [5, 5.41) is 17.0. The zero-order chi connectivity index (χ0) is 16.7. The molecule has 0 aliphatic carbocycles. The van der Waals surface area contributed by atoms with Gasteiger partial charge in [-0.15, -0.1) is 0 Å². The number of anilines is 1. The molecule has 1 atom stereocenters. The van der Waals surface area contributed by atoms with E-state index in [1.807, 2.05) is 49.4 Å². The number of fused-ring (bicyclic) bond motifs is 1. The fraction of sp³-hybridized carbons (Fsp3) is 0.333. The molecule has 0 bridgehead atoms. The minimum Gasteiger partial charge on any atom is -0.480 e. The van der Waals surface area contributed by atoms with E-state index in [4.69, 9.17) is 0 Å². The normalized spacial score (nSPS) is 12.0. The van der Waals surface area contributed by atoms with Crippen molar-refractivity contribution in [1.29, 1.82) is 0 Å². The number of nitrogens with one attached hydrogen (secondary N) is 2. The van der Waals surface area contributed by atoms with Crippen molar-refractivity contribution < 1.29 is 14.7 Å². The van der Waals surface area contributed by atoms with Crippen LogP contribution >= 0.6 is 0 Å². The number of carbonyl (C=O) groups is 2. The molecule has 3 N–H and O–H groups in total. The van der Waals surface area contributed by atoms with Crippen molar-refractivity contribution in [2.45, 2.75) is 32.2 Å². The number of benzene rings is 2. The lowest BCUT2D eigenvalue weighted by atomic mass is 10.1. The van der Waals surface area contributed by atoms with Gasteiger partial charge in [-0.3, -0.25) is 9.59 Å². The average molecular weight is 314 g/mol. The number of aliphatic carboxylic acids is 1. The van der Waals surface area contributed by atoms with Crippen LogP contribution in [0, 0.1) is 0 Å². The Bertz CT molecular complexity index is 685. The van der Waals surface area contributed by atoms with Gasteiger partial charge in [-0.25, -0.2) is 0 Å². The molecule has 0 aliphatic rings. The molecule has 23 heavy (non-hydrogen) atoms. The monoisotopic (exact) mass is 314 g/mol. The van der Waals surface area contributed by atoms with Crippen LogP contribution in [-0.4, -0.2) is 29.6 Å². The molecule has 0 saturated carbocycles. The summed E-state index contributed by atoms with van der Waals surface area (Å²) >= 11 is 0. The lowest BCUT2D eigenvalue weighted by Crippen LogP contribution is -2.40. The molecule has 1 unspecified atom stereocenters. The minimum absolute atomic E-state index is 0.0914. The van der Waals surface area contributed by atoms with Gasteiger partial charge in [-0.05, 0) is 35.9 Å². The SMILES string of the molecule is CCCCNC(CC(=O)Nc1ccc2ccccc2c1)C(=O)O. The van der Waals surface area contributed by atoms with Gasteiger partial charge in [0.25, 0.3) is 0 Å². The van der Waals surface area contributed by atoms with Crippen LogP contribution in [0.15, 0.2) is 42.5 Å². The molecule has 122 valence electrons. The summed E-state index contributed by atoms with van der Waals surface area (Å²) in [4.78, 5) is 23.3. The highest BCUT2D eigenvalue weighted by Crippen LogP contribution is 2.19. The molecule has 0 fully saturated rings. The summed E-state index contributed by atoms with van der Waals surface area (Å²) in [5.41, 5.74) is 0.673. The quantitative estimate of drug-likeness (QED) is 0.655. The van der Waals surface area contributed by atoms with Crippen molar-refractivity contribution in [1.82, 2.24) is 5.32 Å². The van der Waals surface area contributed by atoms with E-state index in [1.165, 1.54) is 0 Å². The summed E-state index contributed by atoms with van der Waals surface area (Å²) < 4.78 is 0. The van der Waals surface area contributed by atoms with Gasteiger partial charge in [0.05, 0.1) is 6.42 Å². The molecule has 0 saturated heterocycles. The van der Waals surface area contributed by atoms with Crippen molar-refractivity contribution >= 4 is 28.3 Å². The molecule has 2 aromatic rings. The van der Waals surface area contributed by atoms with E-state index in [0.717, 1.165) is 23.6 Å². The lowest BCUT2D eigenvalue weighted by molar-refractivity contribution is -0.141. The van der Waals surface area contributed by atoms with Crippen LogP contribution in [-0.2, 0) is 9.59 Å². The van der Waals surface area contributed by atoms with Gasteiger partial charge in [-0.2, -0.15) is 0 Å². The maximum Gasteiger partial charge on any atom is 0.321 e. The zero-order valence-electron chi connectivity index (χ0n) is 13.2. The topological polar surface area (TPSA) is 78.4 Å². The van der Waals surface area contributed by atoms with Gasteiger partial charge in [0.1, 0.15) is 6.04 Å². The van der Waals surface area contributed by atoms with E-state index in [9.17, 15) is 14.7 Å². The molecule has 1 amide bonds. The number of unbranched alkanes of at least 4 members (excludes halogenated alkanes) is 1. The molecule has 0 radical (unpaired) electrons. The fourth-order valence-electron chi connectivity index (χ4n) is 2.36. The third-order valence-corrected chi connectivity index (χ3v) is 3.64.